The van der Waals surface area contributed by atoms with E-state index in [9.17, 15) is 0 Å². The van der Waals surface area contributed by atoms with Crippen LogP contribution in [0.15, 0.2) is 35.3 Å². The summed E-state index contributed by atoms with van der Waals surface area (Å²) in [5.74, 6) is 1.94. The zero-order valence-electron chi connectivity index (χ0n) is 14.1. The molecule has 1 saturated carbocycles. The second-order valence-electron chi connectivity index (χ2n) is 5.98. The first kappa shape index (κ1) is 17.2. The second-order valence-corrected chi connectivity index (χ2v) is 5.98. The molecule has 23 heavy (non-hydrogen) atoms. The van der Waals surface area contributed by atoms with Crippen molar-refractivity contribution < 1.29 is 9.47 Å². The van der Waals surface area contributed by atoms with Gasteiger partial charge in [0.25, 0.3) is 0 Å². The van der Waals surface area contributed by atoms with Gasteiger partial charge in [0.15, 0.2) is 17.5 Å². The van der Waals surface area contributed by atoms with E-state index in [0.29, 0.717) is 19.0 Å². The van der Waals surface area contributed by atoms with E-state index in [1.807, 2.05) is 25.1 Å². The summed E-state index contributed by atoms with van der Waals surface area (Å²) in [6.45, 7) is 6.85. The van der Waals surface area contributed by atoms with Gasteiger partial charge in [-0.05, 0) is 38.7 Å². The van der Waals surface area contributed by atoms with Crippen LogP contribution in [0.1, 0.15) is 38.2 Å². The van der Waals surface area contributed by atoms with Gasteiger partial charge in [-0.3, -0.25) is 0 Å². The number of nitrogens with zero attached hydrogens (tertiary/aromatic N) is 1. The molecule has 0 heterocycles. The van der Waals surface area contributed by atoms with E-state index in [2.05, 4.69) is 16.9 Å². The van der Waals surface area contributed by atoms with Crippen LogP contribution in [0.3, 0.4) is 0 Å². The first-order chi connectivity index (χ1) is 11.1. The smallest absolute Gasteiger partial charge is 0.189 e. The number of nitrogens with two attached hydrogens (primary N) is 1. The van der Waals surface area contributed by atoms with Crippen molar-refractivity contribution in [3.8, 4) is 11.5 Å². The Labute approximate surface area is 138 Å². The number of hydrogen-bond acceptors (Lipinski definition) is 3. The van der Waals surface area contributed by atoms with Crippen molar-refractivity contribution in [2.45, 2.75) is 45.3 Å². The summed E-state index contributed by atoms with van der Waals surface area (Å²) >= 11 is 0. The van der Waals surface area contributed by atoms with Crippen molar-refractivity contribution in [3.05, 3.63) is 35.9 Å². The molecule has 0 aliphatic heterocycles. The predicted molar refractivity (Wildman–Crippen MR) is 94.0 cm³/mol. The van der Waals surface area contributed by atoms with Crippen molar-refractivity contribution in [1.29, 1.82) is 0 Å². The molecule has 0 spiro atoms. The number of aliphatic imine (C=N–C) groups is 1. The molecular formula is C18H27N3O2. The number of guanidine groups is 1. The summed E-state index contributed by atoms with van der Waals surface area (Å²) in [6, 6.07) is 5.87. The van der Waals surface area contributed by atoms with Gasteiger partial charge < -0.3 is 20.5 Å². The summed E-state index contributed by atoms with van der Waals surface area (Å²) < 4.78 is 11.6. The number of para-hydroxylation sites is 1. The highest BCUT2D eigenvalue weighted by Gasteiger charge is 2.20. The molecule has 2 rings (SSSR count). The van der Waals surface area contributed by atoms with E-state index in [1.54, 1.807) is 7.11 Å². The Morgan fingerprint density at radius 1 is 1.39 bits per heavy atom. The Hall–Kier alpha value is -2.17. The van der Waals surface area contributed by atoms with Gasteiger partial charge in [0.1, 0.15) is 0 Å². The molecule has 3 N–H and O–H groups in total. The number of rotatable bonds is 7. The molecule has 5 heteroatoms. The Morgan fingerprint density at radius 3 is 2.78 bits per heavy atom. The minimum atomic E-state index is 0.271. The maximum Gasteiger partial charge on any atom is 0.189 e. The Balaban J connectivity index is 2.10. The lowest BCUT2D eigenvalue weighted by Crippen LogP contribution is -2.32. The first-order valence-corrected chi connectivity index (χ1v) is 8.11. The number of nitrogens with one attached hydrogen (secondary N) is 1. The fourth-order valence-electron chi connectivity index (χ4n) is 2.62. The van der Waals surface area contributed by atoms with Crippen molar-refractivity contribution in [2.75, 3.05) is 13.7 Å². The van der Waals surface area contributed by atoms with E-state index >= 15 is 0 Å². The third-order valence-corrected chi connectivity index (χ3v) is 3.86. The molecular weight excluding hydrogens is 290 g/mol. The predicted octanol–water partition coefficient (Wildman–Crippen LogP) is 3.00. The molecule has 0 saturated heterocycles. The van der Waals surface area contributed by atoms with E-state index in [1.165, 1.54) is 12.8 Å². The monoisotopic (exact) mass is 317 g/mol. The molecule has 1 aliphatic carbocycles. The summed E-state index contributed by atoms with van der Waals surface area (Å²) in [4.78, 5) is 4.38. The lowest BCUT2D eigenvalue weighted by molar-refractivity contribution is 0.198. The van der Waals surface area contributed by atoms with Crippen LogP contribution in [-0.2, 0) is 6.54 Å². The van der Waals surface area contributed by atoms with Crippen LogP contribution < -0.4 is 20.5 Å². The Morgan fingerprint density at radius 2 is 2.13 bits per heavy atom. The molecule has 1 fully saturated rings. The zero-order valence-corrected chi connectivity index (χ0v) is 14.1. The lowest BCUT2D eigenvalue weighted by Gasteiger charge is -2.18. The van der Waals surface area contributed by atoms with E-state index in [-0.39, 0.29) is 6.10 Å². The van der Waals surface area contributed by atoms with Crippen LogP contribution in [0.2, 0.25) is 0 Å². The minimum absolute atomic E-state index is 0.271. The summed E-state index contributed by atoms with van der Waals surface area (Å²) in [6.07, 6.45) is 4.93. The molecule has 0 atom stereocenters. The highest BCUT2D eigenvalue weighted by atomic mass is 16.5. The maximum absolute atomic E-state index is 6.19. The van der Waals surface area contributed by atoms with Gasteiger partial charge in [0, 0.05) is 12.1 Å². The zero-order chi connectivity index (χ0) is 16.7. The van der Waals surface area contributed by atoms with Crippen LogP contribution in [0.25, 0.3) is 0 Å². The fraction of sp³-hybridized carbons (Fsp3) is 0.500. The standard InChI is InChI=1S/C18H27N3O2/c1-13(2)11-20-18(19)21-12-14-7-6-10-16(22-3)17(14)23-15-8-4-5-9-15/h6-7,10,15H,1,4-5,8-9,11-12H2,2-3H3,(H3,19,20,21). The van der Waals surface area contributed by atoms with Crippen LogP contribution in [0.5, 0.6) is 11.5 Å². The van der Waals surface area contributed by atoms with Crippen molar-refractivity contribution in [1.82, 2.24) is 5.32 Å². The van der Waals surface area contributed by atoms with Gasteiger partial charge in [-0.15, -0.1) is 0 Å². The van der Waals surface area contributed by atoms with Gasteiger partial charge in [-0.1, -0.05) is 24.3 Å². The number of benzene rings is 1. The number of methoxy groups -OCH3 is 1. The molecule has 0 unspecified atom stereocenters. The second kappa shape index (κ2) is 8.46. The van der Waals surface area contributed by atoms with Crippen molar-refractivity contribution >= 4 is 5.96 Å². The molecule has 1 aromatic rings. The van der Waals surface area contributed by atoms with E-state index in [0.717, 1.165) is 35.5 Å². The third kappa shape index (κ3) is 5.20. The summed E-state index contributed by atoms with van der Waals surface area (Å²) in [5, 5.41) is 3.03. The molecule has 0 amide bonds. The molecule has 1 aromatic carbocycles. The normalized spacial score (nSPS) is 15.5. The van der Waals surface area contributed by atoms with E-state index in [4.69, 9.17) is 15.2 Å². The Kier molecular flexibility index (Phi) is 6.32. The molecule has 0 aromatic heterocycles. The van der Waals surface area contributed by atoms with Gasteiger partial charge in [-0.25, -0.2) is 4.99 Å². The summed E-state index contributed by atoms with van der Waals surface area (Å²) in [5.41, 5.74) is 7.87. The quantitative estimate of drug-likeness (QED) is 0.461. The first-order valence-electron chi connectivity index (χ1n) is 8.11. The molecule has 0 bridgehead atoms. The number of ether oxygens (including phenoxy) is 2. The molecule has 0 radical (unpaired) electrons. The van der Waals surface area contributed by atoms with Crippen molar-refractivity contribution in [3.63, 3.8) is 0 Å². The highest BCUT2D eigenvalue weighted by Crippen LogP contribution is 2.35. The van der Waals surface area contributed by atoms with Gasteiger partial charge in [0.2, 0.25) is 0 Å². The Bertz CT molecular complexity index is 563. The lowest BCUT2D eigenvalue weighted by atomic mass is 10.1. The van der Waals surface area contributed by atoms with Crippen molar-refractivity contribution in [2.24, 2.45) is 10.7 Å². The van der Waals surface area contributed by atoms with Crippen LogP contribution in [-0.4, -0.2) is 25.7 Å². The van der Waals surface area contributed by atoms with Crippen LogP contribution in [0.4, 0.5) is 0 Å². The minimum Gasteiger partial charge on any atom is -0.493 e. The maximum atomic E-state index is 6.19. The van der Waals surface area contributed by atoms with E-state index < -0.39 is 0 Å². The van der Waals surface area contributed by atoms with Gasteiger partial charge >= 0.3 is 0 Å². The largest absolute Gasteiger partial charge is 0.493 e. The summed E-state index contributed by atoms with van der Waals surface area (Å²) in [7, 11) is 1.66. The average Bonchev–Trinajstić information content (AvgIpc) is 3.04. The topological polar surface area (TPSA) is 68.9 Å². The highest BCUT2D eigenvalue weighted by molar-refractivity contribution is 5.78. The third-order valence-electron chi connectivity index (χ3n) is 3.86. The molecule has 1 aliphatic rings. The number of hydrogen-bond donors (Lipinski definition) is 2. The fourth-order valence-corrected chi connectivity index (χ4v) is 2.62. The van der Waals surface area contributed by atoms with Gasteiger partial charge in [-0.2, -0.15) is 0 Å². The molecule has 5 nitrogen and oxygen atoms in total. The van der Waals surface area contributed by atoms with Crippen LogP contribution >= 0.6 is 0 Å². The average molecular weight is 317 g/mol. The SMILES string of the molecule is C=C(C)CNC(N)=NCc1cccc(OC)c1OC1CCCC1. The van der Waals surface area contributed by atoms with Gasteiger partial charge in [0.05, 0.1) is 19.8 Å². The van der Waals surface area contributed by atoms with Crippen LogP contribution in [0, 0.1) is 0 Å². The molecule has 126 valence electrons.